The van der Waals surface area contributed by atoms with Crippen LogP contribution in [0.3, 0.4) is 0 Å². The van der Waals surface area contributed by atoms with Crippen LogP contribution in [-0.2, 0) is 0 Å². The van der Waals surface area contributed by atoms with Crippen molar-refractivity contribution >= 4 is 6.09 Å². The maximum absolute atomic E-state index is 12.5. The molecule has 0 bridgehead atoms. The molecule has 1 unspecified atom stereocenters. The van der Waals surface area contributed by atoms with E-state index in [1.807, 2.05) is 0 Å². The lowest BCUT2D eigenvalue weighted by Gasteiger charge is -2.25. The molecule has 1 aliphatic rings. The summed E-state index contributed by atoms with van der Waals surface area (Å²) < 4.78 is 24.9. The van der Waals surface area contributed by atoms with Crippen molar-refractivity contribution < 1.29 is 23.8 Å². The lowest BCUT2D eigenvalue weighted by atomic mass is 10.3. The maximum atomic E-state index is 12.5. The summed E-state index contributed by atoms with van der Waals surface area (Å²) in [5.74, 6) is 0. The van der Waals surface area contributed by atoms with Crippen LogP contribution in [0, 0.1) is 0 Å². The summed E-state index contributed by atoms with van der Waals surface area (Å²) in [6.45, 7) is -0.574. The van der Waals surface area contributed by atoms with E-state index in [1.54, 1.807) is 0 Å². The van der Waals surface area contributed by atoms with E-state index in [4.69, 9.17) is 5.11 Å². The van der Waals surface area contributed by atoms with Gasteiger partial charge in [-0.25, -0.2) is 0 Å². The Labute approximate surface area is 61.0 Å². The first kappa shape index (κ1) is 8.19. The van der Waals surface area contributed by atoms with Gasteiger partial charge in [0.1, 0.15) is 6.09 Å². The molecule has 0 aromatic rings. The van der Waals surface area contributed by atoms with Crippen LogP contribution in [0.15, 0.2) is 0 Å². The Kier molecular flexibility index (Phi) is 1.71. The van der Waals surface area contributed by atoms with Gasteiger partial charge in [-0.3, -0.25) is 4.90 Å². The molecular weight excluding hydrogens is 160 g/mol. The number of hydrogen-bond acceptors (Lipinski definition) is 3. The summed E-state index contributed by atoms with van der Waals surface area (Å²) in [5.41, 5.74) is 0. The number of likely N-dealkylation sites (tertiary alicyclic amines) is 1. The molecule has 1 fully saturated rings. The zero-order valence-corrected chi connectivity index (χ0v) is 5.46. The van der Waals surface area contributed by atoms with Crippen molar-refractivity contribution in [2.45, 2.75) is 18.6 Å². The first-order valence-corrected chi connectivity index (χ1v) is 2.98. The number of β-amino-alcohol motifs (C(OH)–C–C–N with tert-alkyl or cyclic N) is 1. The van der Waals surface area contributed by atoms with Crippen LogP contribution in [0.2, 0.25) is 0 Å². The van der Waals surface area contributed by atoms with Crippen molar-refractivity contribution in [2.75, 3.05) is 6.54 Å². The highest BCUT2D eigenvalue weighted by molar-refractivity contribution is 5.63. The van der Waals surface area contributed by atoms with Gasteiger partial charge in [0.25, 0.3) is 0 Å². The molecule has 1 saturated heterocycles. The molecule has 0 aliphatic carbocycles. The zero-order valence-electron chi connectivity index (χ0n) is 5.46. The molecule has 1 rings (SSSR count). The normalized spacial score (nSPS) is 29.0. The summed E-state index contributed by atoms with van der Waals surface area (Å²) in [6, 6.07) is -3.47. The van der Waals surface area contributed by atoms with Gasteiger partial charge in [-0.2, -0.15) is 8.78 Å². The zero-order chi connectivity index (χ0) is 8.65. The van der Waals surface area contributed by atoms with E-state index in [9.17, 15) is 18.7 Å². The number of amides is 1. The van der Waals surface area contributed by atoms with Gasteiger partial charge in [-0.05, 0) is 0 Å². The Morgan fingerprint density at radius 1 is 1.73 bits per heavy atom. The predicted molar refractivity (Wildman–Crippen MR) is 27.7 cm³/mol. The Balaban J connectivity index is 2.74. The quantitative estimate of drug-likeness (QED) is 0.469. The van der Waals surface area contributed by atoms with Gasteiger partial charge in [0.15, 0.2) is 0 Å². The molecule has 1 atom stereocenters. The van der Waals surface area contributed by atoms with Gasteiger partial charge in [-0.15, -0.1) is 0 Å². The number of alkyl halides is 2. The lowest BCUT2D eigenvalue weighted by molar-refractivity contribution is -0.283. The average Bonchev–Trinajstić information content (AvgIpc) is 2.04. The Morgan fingerprint density at radius 3 is 2.45 bits per heavy atom. The molecular formula is C5H6F2NO3-. The number of halogens is 2. The van der Waals surface area contributed by atoms with Crippen LogP contribution in [0.4, 0.5) is 13.6 Å². The number of carbonyl (C=O) groups is 1. The third-order valence-electron chi connectivity index (χ3n) is 1.49. The second-order valence-electron chi connectivity index (χ2n) is 2.40. The monoisotopic (exact) mass is 166 g/mol. The predicted octanol–water partition coefficient (Wildman–Crippen LogP) is -1.01. The maximum Gasteiger partial charge on any atom is 0.329 e. The highest BCUT2D eigenvalue weighted by atomic mass is 19.3. The Morgan fingerprint density at radius 2 is 2.27 bits per heavy atom. The minimum Gasteiger partial charge on any atom is -0.530 e. The van der Waals surface area contributed by atoms with E-state index < -0.39 is 31.2 Å². The first-order valence-electron chi connectivity index (χ1n) is 2.98. The summed E-state index contributed by atoms with van der Waals surface area (Å²) in [6.07, 6.45) is -4.09. The van der Waals surface area contributed by atoms with Gasteiger partial charge in [0.2, 0.25) is 0 Å². The SMILES string of the molecule is O=C([O-])N1CC(O)CC1(F)F. The van der Waals surface area contributed by atoms with E-state index >= 15 is 0 Å². The van der Waals surface area contributed by atoms with Crippen molar-refractivity contribution in [1.29, 1.82) is 0 Å². The summed E-state index contributed by atoms with van der Waals surface area (Å²) in [7, 11) is 0. The van der Waals surface area contributed by atoms with Crippen LogP contribution in [0.25, 0.3) is 0 Å². The van der Waals surface area contributed by atoms with Crippen molar-refractivity contribution in [3.63, 3.8) is 0 Å². The number of aliphatic hydroxyl groups is 1. The molecule has 0 aromatic heterocycles. The van der Waals surface area contributed by atoms with Crippen molar-refractivity contribution in [3.05, 3.63) is 0 Å². The van der Waals surface area contributed by atoms with Crippen molar-refractivity contribution in [1.82, 2.24) is 4.90 Å². The molecule has 1 N–H and O–H groups in total. The van der Waals surface area contributed by atoms with E-state index in [0.717, 1.165) is 0 Å². The van der Waals surface area contributed by atoms with Gasteiger partial charge < -0.3 is 15.0 Å². The third kappa shape index (κ3) is 1.40. The van der Waals surface area contributed by atoms with Crippen LogP contribution in [0.1, 0.15) is 6.42 Å². The number of hydrogen-bond donors (Lipinski definition) is 1. The fraction of sp³-hybridized carbons (Fsp3) is 0.800. The van der Waals surface area contributed by atoms with Crippen LogP contribution < -0.4 is 5.11 Å². The summed E-state index contributed by atoms with van der Waals surface area (Å²) in [5, 5.41) is 18.7. The highest BCUT2D eigenvalue weighted by Crippen LogP contribution is 2.31. The van der Waals surface area contributed by atoms with Crippen molar-refractivity contribution in [2.24, 2.45) is 0 Å². The van der Waals surface area contributed by atoms with Gasteiger partial charge >= 0.3 is 6.05 Å². The van der Waals surface area contributed by atoms with E-state index in [-0.39, 0.29) is 4.90 Å². The summed E-state index contributed by atoms with van der Waals surface area (Å²) in [4.78, 5) is 9.82. The molecule has 0 aromatic carbocycles. The molecule has 4 nitrogen and oxygen atoms in total. The lowest BCUT2D eigenvalue weighted by Crippen LogP contribution is -2.47. The standard InChI is InChI=1S/C5H7F2NO3/c6-5(7)1-3(9)2-8(5)4(10)11/h3,9H,1-2H2,(H,10,11)/p-1. The van der Waals surface area contributed by atoms with Crippen LogP contribution in [0.5, 0.6) is 0 Å². The van der Waals surface area contributed by atoms with Crippen molar-refractivity contribution in [3.8, 4) is 0 Å². The second kappa shape index (κ2) is 2.30. The summed E-state index contributed by atoms with van der Waals surface area (Å²) >= 11 is 0. The number of nitrogens with zero attached hydrogens (tertiary/aromatic N) is 1. The largest absolute Gasteiger partial charge is 0.530 e. The van der Waals surface area contributed by atoms with E-state index in [0.29, 0.717) is 0 Å². The van der Waals surface area contributed by atoms with Crippen LogP contribution in [-0.4, -0.2) is 34.8 Å². The molecule has 0 radical (unpaired) electrons. The molecule has 0 spiro atoms. The molecule has 1 aliphatic heterocycles. The fourth-order valence-corrected chi connectivity index (χ4v) is 1.01. The van der Waals surface area contributed by atoms with E-state index in [1.165, 1.54) is 0 Å². The molecule has 0 saturated carbocycles. The molecule has 6 heteroatoms. The van der Waals surface area contributed by atoms with Crippen LogP contribution >= 0.6 is 0 Å². The number of rotatable bonds is 0. The molecule has 64 valence electrons. The highest BCUT2D eigenvalue weighted by Gasteiger charge is 2.46. The first-order chi connectivity index (χ1) is 4.93. The Hall–Kier alpha value is -0.910. The smallest absolute Gasteiger partial charge is 0.329 e. The van der Waals surface area contributed by atoms with E-state index in [2.05, 4.69) is 0 Å². The minimum absolute atomic E-state index is 0.169. The molecule has 1 heterocycles. The molecule has 11 heavy (non-hydrogen) atoms. The number of carboxylic acid groups (broad SMARTS) is 1. The number of aliphatic hydroxyl groups excluding tert-OH is 1. The van der Waals surface area contributed by atoms with Gasteiger partial charge in [-0.1, -0.05) is 0 Å². The van der Waals surface area contributed by atoms with Gasteiger partial charge in [0, 0.05) is 0 Å². The topological polar surface area (TPSA) is 63.6 Å². The Bertz CT molecular complexity index is 185. The average molecular weight is 166 g/mol. The third-order valence-corrected chi connectivity index (χ3v) is 1.49. The molecule has 1 amide bonds. The number of carbonyl (C=O) groups excluding carboxylic acids is 1. The minimum atomic E-state index is -3.47. The fourth-order valence-electron chi connectivity index (χ4n) is 1.01. The van der Waals surface area contributed by atoms with Gasteiger partial charge in [0.05, 0.1) is 19.1 Å². The second-order valence-corrected chi connectivity index (χ2v) is 2.40.